The summed E-state index contributed by atoms with van der Waals surface area (Å²) < 4.78 is 5.59. The van der Waals surface area contributed by atoms with Crippen molar-refractivity contribution in [3.63, 3.8) is 0 Å². The summed E-state index contributed by atoms with van der Waals surface area (Å²) in [5.41, 5.74) is 5.24. The molecular weight excluding hydrogens is 312 g/mol. The van der Waals surface area contributed by atoms with Crippen LogP contribution in [-0.4, -0.2) is 18.4 Å². The topological polar surface area (TPSA) is 67.4 Å². The monoisotopic (exact) mass is 332 g/mol. The standard InChI is InChI=1S/C17H20N2O3S/c1-2-3-4-11-22-14-9-7-13(8-10-14)16(20)18-19-17(21)15-6-5-12-23-15/h5-10,12H,2-4,11H2,1H3,(H,18,20)(H,19,21). The van der Waals surface area contributed by atoms with Gasteiger partial charge in [-0.15, -0.1) is 11.3 Å². The van der Waals surface area contributed by atoms with Gasteiger partial charge in [-0.2, -0.15) is 0 Å². The SMILES string of the molecule is CCCCCOc1ccc(C(=O)NNC(=O)c2cccs2)cc1. The molecule has 0 radical (unpaired) electrons. The minimum Gasteiger partial charge on any atom is -0.494 e. The first kappa shape index (κ1) is 17.0. The van der Waals surface area contributed by atoms with Crippen molar-refractivity contribution in [3.05, 3.63) is 52.2 Å². The average molecular weight is 332 g/mol. The molecule has 122 valence electrons. The fraction of sp³-hybridized carbons (Fsp3) is 0.294. The predicted octanol–water partition coefficient (Wildman–Crippen LogP) is 3.39. The molecule has 1 heterocycles. The molecule has 0 saturated carbocycles. The Morgan fingerprint density at radius 1 is 1.04 bits per heavy atom. The van der Waals surface area contributed by atoms with Crippen molar-refractivity contribution < 1.29 is 14.3 Å². The van der Waals surface area contributed by atoms with E-state index >= 15 is 0 Å². The molecule has 2 N–H and O–H groups in total. The Balaban J connectivity index is 1.79. The van der Waals surface area contributed by atoms with Gasteiger partial charge in [-0.1, -0.05) is 25.8 Å². The van der Waals surface area contributed by atoms with E-state index in [-0.39, 0.29) is 11.8 Å². The maximum absolute atomic E-state index is 12.0. The van der Waals surface area contributed by atoms with Gasteiger partial charge in [-0.3, -0.25) is 20.4 Å². The van der Waals surface area contributed by atoms with Crippen LogP contribution in [0.2, 0.25) is 0 Å². The molecule has 6 heteroatoms. The van der Waals surface area contributed by atoms with E-state index in [0.29, 0.717) is 17.0 Å². The highest BCUT2D eigenvalue weighted by Crippen LogP contribution is 2.13. The van der Waals surface area contributed by atoms with E-state index in [0.717, 1.165) is 25.0 Å². The van der Waals surface area contributed by atoms with Crippen molar-refractivity contribution in [2.24, 2.45) is 0 Å². The summed E-state index contributed by atoms with van der Waals surface area (Å²) >= 11 is 1.31. The molecule has 0 atom stereocenters. The first-order chi connectivity index (χ1) is 11.2. The van der Waals surface area contributed by atoms with Crippen molar-refractivity contribution in [1.29, 1.82) is 0 Å². The summed E-state index contributed by atoms with van der Waals surface area (Å²) in [5, 5.41) is 1.80. The molecule has 0 unspecified atom stereocenters. The normalized spacial score (nSPS) is 10.1. The summed E-state index contributed by atoms with van der Waals surface area (Å²) in [7, 11) is 0. The van der Waals surface area contributed by atoms with E-state index in [9.17, 15) is 9.59 Å². The van der Waals surface area contributed by atoms with E-state index in [1.54, 1.807) is 41.8 Å². The van der Waals surface area contributed by atoms with Crippen LogP contribution in [0.4, 0.5) is 0 Å². The van der Waals surface area contributed by atoms with Crippen LogP contribution in [-0.2, 0) is 0 Å². The predicted molar refractivity (Wildman–Crippen MR) is 90.7 cm³/mol. The molecule has 0 saturated heterocycles. The van der Waals surface area contributed by atoms with Gasteiger partial charge in [0.1, 0.15) is 5.75 Å². The van der Waals surface area contributed by atoms with Gasteiger partial charge in [-0.25, -0.2) is 0 Å². The number of rotatable bonds is 7. The van der Waals surface area contributed by atoms with Crippen LogP contribution in [0.25, 0.3) is 0 Å². The highest BCUT2D eigenvalue weighted by molar-refractivity contribution is 7.12. The van der Waals surface area contributed by atoms with E-state index in [4.69, 9.17) is 4.74 Å². The molecule has 0 aliphatic heterocycles. The van der Waals surface area contributed by atoms with Crippen LogP contribution in [0.5, 0.6) is 5.75 Å². The van der Waals surface area contributed by atoms with Crippen LogP contribution in [0, 0.1) is 0 Å². The van der Waals surface area contributed by atoms with Crippen molar-refractivity contribution in [3.8, 4) is 5.75 Å². The second kappa shape index (κ2) is 8.95. The number of thiophene rings is 1. The van der Waals surface area contributed by atoms with Gasteiger partial charge in [0.05, 0.1) is 11.5 Å². The molecule has 1 aromatic carbocycles. The van der Waals surface area contributed by atoms with E-state index in [1.807, 2.05) is 0 Å². The van der Waals surface area contributed by atoms with Gasteiger partial charge in [0.15, 0.2) is 0 Å². The highest BCUT2D eigenvalue weighted by atomic mass is 32.1. The Labute approximate surface area is 139 Å². The third kappa shape index (κ3) is 5.41. The number of carbonyl (C=O) groups is 2. The smallest absolute Gasteiger partial charge is 0.279 e. The molecule has 5 nitrogen and oxygen atoms in total. The zero-order valence-corrected chi connectivity index (χ0v) is 13.8. The summed E-state index contributed by atoms with van der Waals surface area (Å²) in [6.07, 6.45) is 3.32. The van der Waals surface area contributed by atoms with Gasteiger partial charge in [0.25, 0.3) is 11.8 Å². The summed E-state index contributed by atoms with van der Waals surface area (Å²) in [4.78, 5) is 24.2. The fourth-order valence-corrected chi connectivity index (χ4v) is 2.52. The van der Waals surface area contributed by atoms with Crippen LogP contribution in [0.1, 0.15) is 46.2 Å². The molecule has 0 aliphatic rings. The van der Waals surface area contributed by atoms with Crippen LogP contribution >= 0.6 is 11.3 Å². The first-order valence-electron chi connectivity index (χ1n) is 7.57. The van der Waals surface area contributed by atoms with Crippen LogP contribution in [0.3, 0.4) is 0 Å². The van der Waals surface area contributed by atoms with Crippen molar-refractivity contribution in [2.75, 3.05) is 6.61 Å². The van der Waals surface area contributed by atoms with Gasteiger partial charge in [-0.05, 0) is 42.1 Å². The molecule has 2 aromatic rings. The van der Waals surface area contributed by atoms with Gasteiger partial charge >= 0.3 is 0 Å². The molecule has 0 spiro atoms. The van der Waals surface area contributed by atoms with Gasteiger partial charge in [0, 0.05) is 5.56 Å². The number of hydrogen-bond donors (Lipinski definition) is 2. The Morgan fingerprint density at radius 2 is 1.78 bits per heavy atom. The Morgan fingerprint density at radius 3 is 2.43 bits per heavy atom. The summed E-state index contributed by atoms with van der Waals surface area (Å²) in [6, 6.07) is 10.3. The third-order valence-corrected chi connectivity index (χ3v) is 4.04. The largest absolute Gasteiger partial charge is 0.494 e. The molecule has 1 aromatic heterocycles. The number of hydrogen-bond acceptors (Lipinski definition) is 4. The lowest BCUT2D eigenvalue weighted by atomic mass is 10.2. The zero-order chi connectivity index (χ0) is 16.5. The first-order valence-corrected chi connectivity index (χ1v) is 8.45. The quantitative estimate of drug-likeness (QED) is 0.603. The Bertz CT molecular complexity index is 624. The Kier molecular flexibility index (Phi) is 6.62. The lowest BCUT2D eigenvalue weighted by Gasteiger charge is -2.08. The zero-order valence-electron chi connectivity index (χ0n) is 13.0. The number of carbonyl (C=O) groups excluding carboxylic acids is 2. The summed E-state index contributed by atoms with van der Waals surface area (Å²) in [6.45, 7) is 2.82. The third-order valence-electron chi connectivity index (χ3n) is 3.17. The lowest BCUT2D eigenvalue weighted by molar-refractivity contribution is 0.0849. The molecule has 23 heavy (non-hydrogen) atoms. The maximum atomic E-state index is 12.0. The second-order valence-electron chi connectivity index (χ2n) is 4.97. The molecule has 2 rings (SSSR count). The molecule has 2 amide bonds. The van der Waals surface area contributed by atoms with Crippen molar-refractivity contribution >= 4 is 23.2 Å². The van der Waals surface area contributed by atoms with Crippen LogP contribution < -0.4 is 15.6 Å². The molecule has 0 bridgehead atoms. The summed E-state index contributed by atoms with van der Waals surface area (Å²) in [5.74, 6) is 0.0388. The van der Waals surface area contributed by atoms with Crippen molar-refractivity contribution in [2.45, 2.75) is 26.2 Å². The van der Waals surface area contributed by atoms with Gasteiger partial charge in [0.2, 0.25) is 0 Å². The van der Waals surface area contributed by atoms with E-state index in [2.05, 4.69) is 17.8 Å². The lowest BCUT2D eigenvalue weighted by Crippen LogP contribution is -2.41. The molecule has 0 fully saturated rings. The number of unbranched alkanes of at least 4 members (excludes halogenated alkanes) is 2. The minimum absolute atomic E-state index is 0.329. The fourth-order valence-electron chi connectivity index (χ4n) is 1.90. The number of hydrazine groups is 1. The maximum Gasteiger partial charge on any atom is 0.279 e. The number of benzene rings is 1. The highest BCUT2D eigenvalue weighted by Gasteiger charge is 2.09. The van der Waals surface area contributed by atoms with E-state index < -0.39 is 0 Å². The van der Waals surface area contributed by atoms with Crippen LogP contribution in [0.15, 0.2) is 41.8 Å². The van der Waals surface area contributed by atoms with Crippen molar-refractivity contribution in [1.82, 2.24) is 10.9 Å². The molecular formula is C17H20N2O3S. The average Bonchev–Trinajstić information content (AvgIpc) is 3.11. The van der Waals surface area contributed by atoms with E-state index in [1.165, 1.54) is 11.3 Å². The second-order valence-corrected chi connectivity index (χ2v) is 5.91. The molecule has 0 aliphatic carbocycles. The number of nitrogens with one attached hydrogen (secondary N) is 2. The number of ether oxygens (including phenoxy) is 1. The Hall–Kier alpha value is -2.34. The van der Waals surface area contributed by atoms with Gasteiger partial charge < -0.3 is 4.74 Å². The minimum atomic E-state index is -0.368. The number of amides is 2.